The number of halogens is 5. The smallest absolute Gasteiger partial charge is 0.420 e. The first-order valence-electron chi connectivity index (χ1n) is 8.48. The van der Waals surface area contributed by atoms with Crippen molar-refractivity contribution in [1.82, 2.24) is 0 Å². The van der Waals surface area contributed by atoms with Crippen LogP contribution in [0.1, 0.15) is 29.5 Å². The Morgan fingerprint density at radius 3 is 2.56 bits per heavy atom. The first-order valence-corrected chi connectivity index (χ1v) is 9.24. The largest absolute Gasteiger partial charge is 0.489 e. The molecule has 2 aromatic rings. The fourth-order valence-electron chi connectivity index (χ4n) is 3.08. The van der Waals surface area contributed by atoms with Gasteiger partial charge in [-0.05, 0) is 67.2 Å². The van der Waals surface area contributed by atoms with Gasteiger partial charge in [-0.15, -0.1) is 0 Å². The van der Waals surface area contributed by atoms with Crippen molar-refractivity contribution >= 4 is 23.2 Å². The van der Waals surface area contributed by atoms with Gasteiger partial charge in [0.25, 0.3) is 0 Å². The second-order valence-electron chi connectivity index (χ2n) is 6.16. The summed E-state index contributed by atoms with van der Waals surface area (Å²) < 4.78 is 51.1. The Balaban J connectivity index is 1.88. The van der Waals surface area contributed by atoms with Crippen LogP contribution >= 0.6 is 23.2 Å². The van der Waals surface area contributed by atoms with Crippen LogP contribution in [0.3, 0.4) is 0 Å². The third kappa shape index (κ3) is 5.11. The van der Waals surface area contributed by atoms with Gasteiger partial charge in [0.1, 0.15) is 33.9 Å². The standard InChI is InChI=1S/C20H17Cl2F3O2/c21-19(22)10-11-26-18-9-8-14(12-16(18)20(23,24)25)27-17-7-3-5-13-4-1-2-6-15(13)17/h3,5,7-10,12H,1-2,4,6,11H2. The molecule has 0 aliphatic heterocycles. The van der Waals surface area contributed by atoms with Crippen molar-refractivity contribution in [2.75, 3.05) is 6.61 Å². The molecule has 0 saturated carbocycles. The Hall–Kier alpha value is -1.85. The first kappa shape index (κ1) is 19.9. The van der Waals surface area contributed by atoms with Gasteiger partial charge in [0.15, 0.2) is 0 Å². The lowest BCUT2D eigenvalue weighted by Crippen LogP contribution is -2.09. The molecule has 0 atom stereocenters. The monoisotopic (exact) mass is 416 g/mol. The lowest BCUT2D eigenvalue weighted by atomic mass is 9.91. The summed E-state index contributed by atoms with van der Waals surface area (Å²) in [4.78, 5) is 0. The molecule has 0 bridgehead atoms. The van der Waals surface area contributed by atoms with Crippen LogP contribution in [0, 0.1) is 0 Å². The zero-order valence-corrected chi connectivity index (χ0v) is 15.8. The van der Waals surface area contributed by atoms with E-state index in [1.165, 1.54) is 23.8 Å². The summed E-state index contributed by atoms with van der Waals surface area (Å²) in [5.41, 5.74) is 1.35. The van der Waals surface area contributed by atoms with Crippen molar-refractivity contribution in [3.05, 3.63) is 63.7 Å². The van der Waals surface area contributed by atoms with Gasteiger partial charge in [-0.2, -0.15) is 13.2 Å². The van der Waals surface area contributed by atoms with E-state index in [0.29, 0.717) is 5.75 Å². The molecule has 27 heavy (non-hydrogen) atoms. The fraction of sp³-hybridized carbons (Fsp3) is 0.300. The number of ether oxygens (including phenoxy) is 2. The minimum absolute atomic E-state index is 0.0719. The minimum Gasteiger partial charge on any atom is -0.489 e. The van der Waals surface area contributed by atoms with Crippen LogP contribution in [0.15, 0.2) is 47.0 Å². The quantitative estimate of drug-likeness (QED) is 0.518. The van der Waals surface area contributed by atoms with Crippen molar-refractivity contribution in [3.63, 3.8) is 0 Å². The molecule has 0 fully saturated rings. The fourth-order valence-corrected chi connectivity index (χ4v) is 3.21. The van der Waals surface area contributed by atoms with Crippen LogP contribution in [0.2, 0.25) is 0 Å². The highest BCUT2D eigenvalue weighted by molar-refractivity contribution is 6.55. The zero-order valence-electron chi connectivity index (χ0n) is 14.3. The molecule has 0 spiro atoms. The van der Waals surface area contributed by atoms with E-state index in [0.717, 1.165) is 37.3 Å². The van der Waals surface area contributed by atoms with Crippen molar-refractivity contribution in [1.29, 1.82) is 0 Å². The first-order chi connectivity index (χ1) is 12.8. The molecular formula is C20H17Cl2F3O2. The summed E-state index contributed by atoms with van der Waals surface area (Å²) in [6.07, 6.45) is 0.670. The molecule has 2 nitrogen and oxygen atoms in total. The molecule has 2 aromatic carbocycles. The molecule has 0 N–H and O–H groups in total. The van der Waals surface area contributed by atoms with Crippen LogP contribution in [0.25, 0.3) is 0 Å². The highest BCUT2D eigenvalue weighted by Crippen LogP contribution is 2.40. The maximum atomic E-state index is 13.4. The highest BCUT2D eigenvalue weighted by atomic mass is 35.5. The van der Waals surface area contributed by atoms with Crippen molar-refractivity contribution in [2.45, 2.75) is 31.9 Å². The maximum Gasteiger partial charge on any atom is 0.420 e. The normalized spacial score (nSPS) is 13.7. The Labute approximate surface area is 165 Å². The SMILES string of the molecule is FC(F)(F)c1cc(Oc2cccc3c2CCCC3)ccc1OCC=C(Cl)Cl. The van der Waals surface area contributed by atoms with Crippen LogP contribution in [-0.4, -0.2) is 6.61 Å². The third-order valence-electron chi connectivity index (χ3n) is 4.31. The van der Waals surface area contributed by atoms with Crippen molar-refractivity contribution in [3.8, 4) is 17.2 Å². The van der Waals surface area contributed by atoms with Crippen LogP contribution in [0.4, 0.5) is 13.2 Å². The molecular weight excluding hydrogens is 400 g/mol. The topological polar surface area (TPSA) is 18.5 Å². The summed E-state index contributed by atoms with van der Waals surface area (Å²) in [5.74, 6) is 0.404. The van der Waals surface area contributed by atoms with Crippen molar-refractivity contribution in [2.24, 2.45) is 0 Å². The molecule has 0 aromatic heterocycles. The average Bonchev–Trinajstić information content (AvgIpc) is 2.62. The summed E-state index contributed by atoms with van der Waals surface area (Å²) >= 11 is 10.9. The lowest BCUT2D eigenvalue weighted by Gasteiger charge is -2.20. The van der Waals surface area contributed by atoms with Crippen LogP contribution in [-0.2, 0) is 19.0 Å². The number of rotatable bonds is 5. The number of fused-ring (bicyclic) bond motifs is 1. The molecule has 3 rings (SSSR count). The van der Waals surface area contributed by atoms with E-state index in [-0.39, 0.29) is 22.6 Å². The second-order valence-corrected chi connectivity index (χ2v) is 7.17. The predicted octanol–water partition coefficient (Wildman–Crippen LogP) is 7.07. The minimum atomic E-state index is -4.58. The van der Waals surface area contributed by atoms with Gasteiger partial charge in [0.05, 0.1) is 0 Å². The van der Waals surface area contributed by atoms with Gasteiger partial charge in [0, 0.05) is 0 Å². The van der Waals surface area contributed by atoms with Gasteiger partial charge in [-0.1, -0.05) is 35.3 Å². The third-order valence-corrected chi connectivity index (χ3v) is 4.62. The molecule has 1 aliphatic carbocycles. The molecule has 0 unspecified atom stereocenters. The van der Waals surface area contributed by atoms with Gasteiger partial charge < -0.3 is 9.47 Å². The second kappa shape index (κ2) is 8.44. The Morgan fingerprint density at radius 1 is 1.04 bits per heavy atom. The van der Waals surface area contributed by atoms with E-state index >= 15 is 0 Å². The van der Waals surface area contributed by atoms with Crippen molar-refractivity contribution < 1.29 is 22.6 Å². The highest BCUT2D eigenvalue weighted by Gasteiger charge is 2.35. The van der Waals surface area contributed by atoms with E-state index in [1.807, 2.05) is 12.1 Å². The van der Waals surface area contributed by atoms with E-state index in [4.69, 9.17) is 32.7 Å². The summed E-state index contributed by atoms with van der Waals surface area (Å²) in [6, 6.07) is 9.33. The van der Waals surface area contributed by atoms with Crippen LogP contribution < -0.4 is 9.47 Å². The molecule has 0 saturated heterocycles. The average molecular weight is 417 g/mol. The zero-order chi connectivity index (χ0) is 19.4. The summed E-state index contributed by atoms with van der Waals surface area (Å²) in [6.45, 7) is -0.169. The molecule has 1 aliphatic rings. The maximum absolute atomic E-state index is 13.4. The van der Waals surface area contributed by atoms with Gasteiger partial charge in [0.2, 0.25) is 0 Å². The Morgan fingerprint density at radius 2 is 1.81 bits per heavy atom. The number of alkyl halides is 3. The Kier molecular flexibility index (Phi) is 6.22. The Bertz CT molecular complexity index is 844. The summed E-state index contributed by atoms with van der Waals surface area (Å²) in [5, 5.41) is 0. The predicted molar refractivity (Wildman–Crippen MR) is 99.9 cm³/mol. The van der Waals surface area contributed by atoms with E-state index < -0.39 is 11.7 Å². The molecule has 0 amide bonds. The van der Waals surface area contributed by atoms with Crippen LogP contribution in [0.5, 0.6) is 17.2 Å². The van der Waals surface area contributed by atoms with E-state index in [2.05, 4.69) is 0 Å². The molecule has 0 heterocycles. The molecule has 0 radical (unpaired) electrons. The lowest BCUT2D eigenvalue weighted by molar-refractivity contribution is -0.138. The van der Waals surface area contributed by atoms with Gasteiger partial charge in [-0.3, -0.25) is 0 Å². The number of hydrogen-bond acceptors (Lipinski definition) is 2. The summed E-state index contributed by atoms with van der Waals surface area (Å²) in [7, 11) is 0. The van der Waals surface area contributed by atoms with Gasteiger partial charge in [-0.25, -0.2) is 0 Å². The number of aryl methyl sites for hydroxylation is 1. The van der Waals surface area contributed by atoms with E-state index in [1.54, 1.807) is 6.07 Å². The molecule has 7 heteroatoms. The van der Waals surface area contributed by atoms with Gasteiger partial charge >= 0.3 is 6.18 Å². The number of hydrogen-bond donors (Lipinski definition) is 0. The molecule has 144 valence electrons. The number of benzene rings is 2. The van der Waals surface area contributed by atoms with E-state index in [9.17, 15) is 13.2 Å².